The van der Waals surface area contributed by atoms with Gasteiger partial charge in [-0.25, -0.2) is 9.97 Å². The van der Waals surface area contributed by atoms with Crippen LogP contribution in [0.2, 0.25) is 0 Å². The molecule has 0 saturated heterocycles. The molecule has 2 aromatic heterocycles. The summed E-state index contributed by atoms with van der Waals surface area (Å²) in [6.07, 6.45) is 5.24. The molecule has 0 unspecified atom stereocenters. The van der Waals surface area contributed by atoms with Crippen molar-refractivity contribution >= 4 is 17.2 Å². The molecule has 0 amide bonds. The van der Waals surface area contributed by atoms with Gasteiger partial charge in [0.2, 0.25) is 0 Å². The summed E-state index contributed by atoms with van der Waals surface area (Å²) in [6.45, 7) is 2.06. The second-order valence-corrected chi connectivity index (χ2v) is 4.91. The minimum absolute atomic E-state index is 0.655. The number of hydrogen-bond donors (Lipinski definition) is 2. The Morgan fingerprint density at radius 1 is 1.05 bits per heavy atom. The highest BCUT2D eigenvalue weighted by Gasteiger charge is 2.05. The second kappa shape index (κ2) is 6.22. The summed E-state index contributed by atoms with van der Waals surface area (Å²) in [4.78, 5) is 12.9. The van der Waals surface area contributed by atoms with Gasteiger partial charge >= 0.3 is 0 Å². The highest BCUT2D eigenvalue weighted by Crippen LogP contribution is 2.23. The molecule has 0 aliphatic carbocycles. The Balaban J connectivity index is 1.87. The molecule has 0 radical (unpaired) electrons. The minimum atomic E-state index is 0.655. The predicted octanol–water partition coefficient (Wildman–Crippen LogP) is 3.63. The van der Waals surface area contributed by atoms with E-state index < -0.39 is 0 Å². The zero-order valence-electron chi connectivity index (χ0n) is 12.5. The van der Waals surface area contributed by atoms with Crippen molar-refractivity contribution in [3.63, 3.8) is 0 Å². The zero-order chi connectivity index (χ0) is 15.4. The van der Waals surface area contributed by atoms with E-state index in [2.05, 4.69) is 38.6 Å². The number of rotatable bonds is 4. The predicted molar refractivity (Wildman–Crippen MR) is 89.3 cm³/mol. The largest absolute Gasteiger partial charge is 0.388 e. The topological polar surface area (TPSA) is 62.7 Å². The third-order valence-electron chi connectivity index (χ3n) is 3.35. The van der Waals surface area contributed by atoms with Gasteiger partial charge < -0.3 is 10.6 Å². The lowest BCUT2D eigenvalue weighted by Gasteiger charge is -2.11. The van der Waals surface area contributed by atoms with Crippen LogP contribution in [-0.4, -0.2) is 22.0 Å². The first-order valence-corrected chi connectivity index (χ1v) is 7.05. The van der Waals surface area contributed by atoms with Crippen LogP contribution in [0.4, 0.5) is 17.2 Å². The molecule has 22 heavy (non-hydrogen) atoms. The third-order valence-corrected chi connectivity index (χ3v) is 3.35. The van der Waals surface area contributed by atoms with Gasteiger partial charge in [0.05, 0.1) is 0 Å². The highest BCUT2D eigenvalue weighted by molar-refractivity contribution is 5.65. The first-order chi connectivity index (χ1) is 10.8. The third kappa shape index (κ3) is 3.03. The van der Waals surface area contributed by atoms with Crippen molar-refractivity contribution in [2.45, 2.75) is 6.92 Å². The van der Waals surface area contributed by atoms with E-state index in [1.54, 1.807) is 18.6 Å². The average molecular weight is 291 g/mol. The van der Waals surface area contributed by atoms with E-state index in [1.165, 1.54) is 0 Å². The van der Waals surface area contributed by atoms with Crippen LogP contribution in [0.3, 0.4) is 0 Å². The van der Waals surface area contributed by atoms with Gasteiger partial charge in [0.1, 0.15) is 5.82 Å². The van der Waals surface area contributed by atoms with E-state index in [1.807, 2.05) is 37.4 Å². The fourth-order valence-electron chi connectivity index (χ4n) is 2.16. The van der Waals surface area contributed by atoms with E-state index in [9.17, 15) is 0 Å². The van der Waals surface area contributed by atoms with E-state index in [4.69, 9.17) is 0 Å². The molecule has 5 heteroatoms. The van der Waals surface area contributed by atoms with Crippen molar-refractivity contribution in [2.75, 3.05) is 17.7 Å². The van der Waals surface area contributed by atoms with Gasteiger partial charge in [-0.3, -0.25) is 4.98 Å². The molecule has 3 aromatic rings. The van der Waals surface area contributed by atoms with Crippen LogP contribution in [0, 0.1) is 6.92 Å². The van der Waals surface area contributed by atoms with Crippen LogP contribution in [0.15, 0.2) is 55.0 Å². The Hall–Kier alpha value is -2.95. The first kappa shape index (κ1) is 14.0. The molecule has 1 aromatic carbocycles. The summed E-state index contributed by atoms with van der Waals surface area (Å²) in [5, 5.41) is 6.46. The van der Waals surface area contributed by atoms with Crippen molar-refractivity contribution in [3.05, 3.63) is 60.6 Å². The summed E-state index contributed by atoms with van der Waals surface area (Å²) < 4.78 is 0. The maximum absolute atomic E-state index is 4.54. The van der Waals surface area contributed by atoms with Gasteiger partial charge in [-0.05, 0) is 48.9 Å². The number of nitrogens with zero attached hydrogens (tertiary/aromatic N) is 3. The molecule has 0 aliphatic heterocycles. The summed E-state index contributed by atoms with van der Waals surface area (Å²) in [5.74, 6) is 1.41. The van der Waals surface area contributed by atoms with Crippen LogP contribution in [-0.2, 0) is 0 Å². The molecular weight excluding hydrogens is 274 g/mol. The molecule has 5 nitrogen and oxygen atoms in total. The SMILES string of the molecule is CNc1ccc(Nc2ccnc(-c3cccnc3)n2)c(C)c1. The molecule has 0 atom stereocenters. The fraction of sp³-hybridized carbons (Fsp3) is 0.118. The Bertz CT molecular complexity index is 771. The molecule has 0 bridgehead atoms. The van der Waals surface area contributed by atoms with Crippen LogP contribution in [0.1, 0.15) is 5.56 Å². The Labute approximate surface area is 129 Å². The number of nitrogens with one attached hydrogen (secondary N) is 2. The van der Waals surface area contributed by atoms with Gasteiger partial charge in [0, 0.05) is 42.6 Å². The molecule has 2 heterocycles. The fourth-order valence-corrected chi connectivity index (χ4v) is 2.16. The minimum Gasteiger partial charge on any atom is -0.388 e. The number of benzene rings is 1. The first-order valence-electron chi connectivity index (χ1n) is 7.05. The van der Waals surface area contributed by atoms with Gasteiger partial charge in [-0.1, -0.05) is 0 Å². The number of pyridine rings is 1. The van der Waals surface area contributed by atoms with Crippen molar-refractivity contribution in [1.29, 1.82) is 0 Å². The van der Waals surface area contributed by atoms with Crippen molar-refractivity contribution in [2.24, 2.45) is 0 Å². The van der Waals surface area contributed by atoms with E-state index in [0.29, 0.717) is 5.82 Å². The van der Waals surface area contributed by atoms with Crippen molar-refractivity contribution in [1.82, 2.24) is 15.0 Å². The summed E-state index contributed by atoms with van der Waals surface area (Å²) in [5.41, 5.74) is 4.15. The standard InChI is InChI=1S/C17H17N5/c1-12-10-14(18-2)5-6-15(12)21-16-7-9-20-17(22-16)13-4-3-8-19-11-13/h3-11,18H,1-2H3,(H,20,21,22). The lowest BCUT2D eigenvalue weighted by molar-refractivity contribution is 1.16. The smallest absolute Gasteiger partial charge is 0.163 e. The summed E-state index contributed by atoms with van der Waals surface area (Å²) in [7, 11) is 1.91. The second-order valence-electron chi connectivity index (χ2n) is 4.91. The maximum atomic E-state index is 4.54. The molecule has 0 spiro atoms. The highest BCUT2D eigenvalue weighted by atomic mass is 15.0. The van der Waals surface area contributed by atoms with Gasteiger partial charge in [-0.15, -0.1) is 0 Å². The van der Waals surface area contributed by atoms with Crippen molar-refractivity contribution in [3.8, 4) is 11.4 Å². The monoisotopic (exact) mass is 291 g/mol. The number of aryl methyl sites for hydroxylation is 1. The summed E-state index contributed by atoms with van der Waals surface area (Å²) >= 11 is 0. The number of anilines is 3. The van der Waals surface area contributed by atoms with E-state index in [-0.39, 0.29) is 0 Å². The lowest BCUT2D eigenvalue weighted by Crippen LogP contribution is -1.99. The van der Waals surface area contributed by atoms with Crippen molar-refractivity contribution < 1.29 is 0 Å². The van der Waals surface area contributed by atoms with Crippen LogP contribution >= 0.6 is 0 Å². The quantitative estimate of drug-likeness (QED) is 0.768. The molecular formula is C17H17N5. The molecule has 3 rings (SSSR count). The maximum Gasteiger partial charge on any atom is 0.163 e. The van der Waals surface area contributed by atoms with E-state index in [0.717, 1.165) is 28.3 Å². The Morgan fingerprint density at radius 2 is 1.95 bits per heavy atom. The Morgan fingerprint density at radius 3 is 2.68 bits per heavy atom. The van der Waals surface area contributed by atoms with Crippen LogP contribution in [0.25, 0.3) is 11.4 Å². The molecule has 0 fully saturated rings. The Kier molecular flexibility index (Phi) is 3.96. The number of hydrogen-bond acceptors (Lipinski definition) is 5. The molecule has 0 saturated carbocycles. The van der Waals surface area contributed by atoms with E-state index >= 15 is 0 Å². The molecule has 110 valence electrons. The lowest BCUT2D eigenvalue weighted by atomic mass is 10.2. The van der Waals surface area contributed by atoms with Crippen LogP contribution in [0.5, 0.6) is 0 Å². The average Bonchev–Trinajstić information content (AvgIpc) is 2.58. The number of aromatic nitrogens is 3. The normalized spacial score (nSPS) is 10.3. The van der Waals surface area contributed by atoms with Crippen LogP contribution < -0.4 is 10.6 Å². The molecule has 0 aliphatic rings. The molecule has 2 N–H and O–H groups in total. The summed E-state index contributed by atoms with van der Waals surface area (Å²) in [6, 6.07) is 11.8. The van der Waals surface area contributed by atoms with Gasteiger partial charge in [0.15, 0.2) is 5.82 Å². The van der Waals surface area contributed by atoms with Gasteiger partial charge in [0.25, 0.3) is 0 Å². The van der Waals surface area contributed by atoms with Gasteiger partial charge in [-0.2, -0.15) is 0 Å². The zero-order valence-corrected chi connectivity index (χ0v) is 12.5.